The third-order valence-corrected chi connectivity index (χ3v) is 2.04. The van der Waals surface area contributed by atoms with Gasteiger partial charge >= 0.3 is 5.97 Å². The number of nitrogens with zero attached hydrogens (tertiary/aromatic N) is 2. The molecular weight excluding hydrogens is 204 g/mol. The fourth-order valence-electron chi connectivity index (χ4n) is 1.25. The zero-order valence-electron chi connectivity index (χ0n) is 9.50. The van der Waals surface area contributed by atoms with E-state index in [1.54, 1.807) is 30.3 Å². The van der Waals surface area contributed by atoms with Crippen molar-refractivity contribution < 1.29 is 9.90 Å². The zero-order valence-corrected chi connectivity index (χ0v) is 9.50. The second kappa shape index (κ2) is 5.80. The van der Waals surface area contributed by atoms with Crippen molar-refractivity contribution in [2.24, 2.45) is 0 Å². The van der Waals surface area contributed by atoms with E-state index in [2.05, 4.69) is 36.3 Å². The number of rotatable bonds is 1. The van der Waals surface area contributed by atoms with Crippen molar-refractivity contribution in [1.29, 1.82) is 0 Å². The molecule has 0 saturated heterocycles. The highest BCUT2D eigenvalue weighted by Gasteiger charge is 1.99. The van der Waals surface area contributed by atoms with Crippen LogP contribution in [-0.2, 0) is 0 Å². The Morgan fingerprint density at radius 2 is 1.62 bits per heavy atom. The second-order valence-corrected chi connectivity index (χ2v) is 3.62. The van der Waals surface area contributed by atoms with Gasteiger partial charge in [0, 0.05) is 26.5 Å². The Morgan fingerprint density at radius 1 is 1.12 bits per heavy atom. The minimum atomic E-state index is -0.879. The van der Waals surface area contributed by atoms with Crippen molar-refractivity contribution in [2.75, 3.05) is 20.8 Å². The van der Waals surface area contributed by atoms with Crippen LogP contribution in [0.5, 0.6) is 0 Å². The van der Waals surface area contributed by atoms with Crippen molar-refractivity contribution in [3.8, 4) is 0 Å². The van der Waals surface area contributed by atoms with Crippen molar-refractivity contribution in [2.45, 2.75) is 0 Å². The first-order valence-corrected chi connectivity index (χ1v) is 4.97. The van der Waals surface area contributed by atoms with Gasteiger partial charge in [-0.05, 0) is 12.1 Å². The van der Waals surface area contributed by atoms with Gasteiger partial charge < -0.3 is 14.9 Å². The summed E-state index contributed by atoms with van der Waals surface area (Å²) in [4.78, 5) is 14.5. The van der Waals surface area contributed by atoms with Crippen LogP contribution in [0.15, 0.2) is 42.7 Å². The Kier molecular flexibility index (Phi) is 4.39. The van der Waals surface area contributed by atoms with Gasteiger partial charge in [0.15, 0.2) is 0 Å². The van der Waals surface area contributed by atoms with Crippen LogP contribution in [0, 0.1) is 0 Å². The average Bonchev–Trinajstić information content (AvgIpc) is 2.65. The van der Waals surface area contributed by atoms with Crippen molar-refractivity contribution in [3.63, 3.8) is 0 Å². The monoisotopic (exact) mass is 220 g/mol. The van der Waals surface area contributed by atoms with E-state index < -0.39 is 5.97 Å². The molecule has 0 unspecified atom stereocenters. The summed E-state index contributed by atoms with van der Waals surface area (Å²) in [6.45, 7) is 1.03. The molecule has 86 valence electrons. The molecule has 1 N–H and O–H groups in total. The maximum atomic E-state index is 10.2. The average molecular weight is 220 g/mol. The van der Waals surface area contributed by atoms with Crippen molar-refractivity contribution >= 4 is 5.97 Å². The lowest BCUT2D eigenvalue weighted by Crippen LogP contribution is -2.17. The molecule has 1 aliphatic heterocycles. The van der Waals surface area contributed by atoms with E-state index in [1.807, 2.05) is 0 Å². The van der Waals surface area contributed by atoms with E-state index in [4.69, 9.17) is 5.11 Å². The lowest BCUT2D eigenvalue weighted by molar-refractivity contribution is 0.0697. The number of hydrogen-bond acceptors (Lipinski definition) is 3. The normalized spacial score (nSPS) is 13.4. The summed E-state index contributed by atoms with van der Waals surface area (Å²) in [7, 11) is 4.11. The highest BCUT2D eigenvalue weighted by atomic mass is 16.4. The van der Waals surface area contributed by atoms with Crippen LogP contribution in [0.1, 0.15) is 10.4 Å². The van der Waals surface area contributed by atoms with Gasteiger partial charge in [-0.2, -0.15) is 0 Å². The number of carboxylic acids is 1. The second-order valence-electron chi connectivity index (χ2n) is 3.62. The molecule has 2 rings (SSSR count). The molecule has 0 amide bonds. The summed E-state index contributed by atoms with van der Waals surface area (Å²) < 4.78 is 0. The zero-order chi connectivity index (χ0) is 12.0. The molecule has 0 fully saturated rings. The van der Waals surface area contributed by atoms with Crippen LogP contribution >= 0.6 is 0 Å². The summed E-state index contributed by atoms with van der Waals surface area (Å²) in [5, 5.41) is 8.38. The molecule has 0 radical (unpaired) electrons. The van der Waals surface area contributed by atoms with Crippen LogP contribution in [0.3, 0.4) is 0 Å². The summed E-state index contributed by atoms with van der Waals surface area (Å²) in [5.74, 6) is -0.879. The van der Waals surface area contributed by atoms with Gasteiger partial charge in [0.2, 0.25) is 0 Å². The van der Waals surface area contributed by atoms with Gasteiger partial charge in [-0.3, -0.25) is 0 Å². The highest BCUT2D eigenvalue weighted by molar-refractivity contribution is 5.87. The molecule has 0 aromatic heterocycles. The van der Waals surface area contributed by atoms with E-state index in [9.17, 15) is 4.79 Å². The summed E-state index contributed by atoms with van der Waals surface area (Å²) >= 11 is 0. The Bertz CT molecular complexity index is 353. The van der Waals surface area contributed by atoms with Crippen LogP contribution in [0.2, 0.25) is 0 Å². The van der Waals surface area contributed by atoms with Crippen molar-refractivity contribution in [3.05, 3.63) is 48.3 Å². The largest absolute Gasteiger partial charge is 0.478 e. The van der Waals surface area contributed by atoms with Gasteiger partial charge in [-0.25, -0.2) is 4.79 Å². The van der Waals surface area contributed by atoms with Gasteiger partial charge in [0.05, 0.1) is 12.2 Å². The fraction of sp³-hybridized carbons (Fsp3) is 0.250. The standard InChI is InChI=1S/C7H6O2.C5H10N2/c8-7(9)6-4-2-1-3-5-6;1-6-3-4-7(2)5-6/h1-5H,(H,8,9);3-4H,5H2,1-2H3. The Balaban J connectivity index is 0.000000165. The molecule has 1 aliphatic rings. The quantitative estimate of drug-likeness (QED) is 0.782. The minimum absolute atomic E-state index is 0.331. The van der Waals surface area contributed by atoms with Gasteiger partial charge in [-0.1, -0.05) is 18.2 Å². The Morgan fingerprint density at radius 3 is 1.88 bits per heavy atom. The lowest BCUT2D eigenvalue weighted by Gasteiger charge is -2.10. The summed E-state index contributed by atoms with van der Waals surface area (Å²) in [5.41, 5.74) is 0.331. The van der Waals surface area contributed by atoms with E-state index in [0.29, 0.717) is 5.56 Å². The molecule has 1 aromatic rings. The van der Waals surface area contributed by atoms with Gasteiger partial charge in [-0.15, -0.1) is 0 Å². The fourth-order valence-corrected chi connectivity index (χ4v) is 1.25. The van der Waals surface area contributed by atoms with E-state index >= 15 is 0 Å². The van der Waals surface area contributed by atoms with Crippen LogP contribution in [0.25, 0.3) is 0 Å². The maximum absolute atomic E-state index is 10.2. The minimum Gasteiger partial charge on any atom is -0.478 e. The first-order chi connectivity index (χ1) is 7.59. The predicted molar refractivity (Wildman–Crippen MR) is 62.9 cm³/mol. The van der Waals surface area contributed by atoms with E-state index in [1.165, 1.54) is 0 Å². The molecule has 0 saturated carbocycles. The first-order valence-electron chi connectivity index (χ1n) is 4.97. The van der Waals surface area contributed by atoms with Crippen LogP contribution in [-0.4, -0.2) is 41.6 Å². The molecule has 4 heteroatoms. The number of aromatic carboxylic acids is 1. The molecule has 0 spiro atoms. The molecule has 0 aliphatic carbocycles. The topological polar surface area (TPSA) is 43.8 Å². The number of benzene rings is 1. The molecule has 4 nitrogen and oxygen atoms in total. The molecule has 1 aromatic carbocycles. The smallest absolute Gasteiger partial charge is 0.335 e. The van der Waals surface area contributed by atoms with Gasteiger partial charge in [0.1, 0.15) is 0 Å². The molecule has 0 atom stereocenters. The SMILES string of the molecule is CN1C=CN(C)C1.O=C(O)c1ccccc1. The van der Waals surface area contributed by atoms with Crippen LogP contribution in [0.4, 0.5) is 0 Å². The lowest BCUT2D eigenvalue weighted by atomic mass is 10.2. The molecule has 0 bridgehead atoms. The van der Waals surface area contributed by atoms with E-state index in [-0.39, 0.29) is 0 Å². The number of carbonyl (C=O) groups is 1. The maximum Gasteiger partial charge on any atom is 0.335 e. The first kappa shape index (κ1) is 12.1. The third kappa shape index (κ3) is 4.04. The molecular formula is C12H16N2O2. The number of hydrogen-bond donors (Lipinski definition) is 1. The Hall–Kier alpha value is -1.97. The van der Waals surface area contributed by atoms with Gasteiger partial charge in [0.25, 0.3) is 0 Å². The molecule has 16 heavy (non-hydrogen) atoms. The highest BCUT2D eigenvalue weighted by Crippen LogP contribution is 1.97. The third-order valence-electron chi connectivity index (χ3n) is 2.04. The number of carboxylic acid groups (broad SMARTS) is 1. The van der Waals surface area contributed by atoms with Crippen LogP contribution < -0.4 is 0 Å². The van der Waals surface area contributed by atoms with E-state index in [0.717, 1.165) is 6.67 Å². The predicted octanol–water partition coefficient (Wildman–Crippen LogP) is 1.68. The Labute approximate surface area is 95.4 Å². The summed E-state index contributed by atoms with van der Waals surface area (Å²) in [6, 6.07) is 8.30. The molecule has 1 heterocycles. The summed E-state index contributed by atoms with van der Waals surface area (Å²) in [6.07, 6.45) is 4.11. The van der Waals surface area contributed by atoms with Crippen molar-refractivity contribution in [1.82, 2.24) is 9.80 Å².